The van der Waals surface area contributed by atoms with E-state index in [4.69, 9.17) is 30.8 Å². The number of fused-ring (bicyclic) bond motifs is 1. The number of hydrogen-bond donors (Lipinski definition) is 1. The van der Waals surface area contributed by atoms with Crippen LogP contribution in [0, 0.1) is 0 Å². The molecule has 11 nitrogen and oxygen atoms in total. The zero-order chi connectivity index (χ0) is 35.4. The lowest BCUT2D eigenvalue weighted by Gasteiger charge is -2.32. The number of rotatable bonds is 12. The zero-order valence-electron chi connectivity index (χ0n) is 27.2. The number of ketones is 1. The molecule has 0 saturated carbocycles. The Balaban J connectivity index is 1.43. The summed E-state index contributed by atoms with van der Waals surface area (Å²) in [6.45, 7) is -0.611. The predicted molar refractivity (Wildman–Crippen MR) is 190 cm³/mol. The van der Waals surface area contributed by atoms with Gasteiger partial charge in [0.1, 0.15) is 23.3 Å². The number of methoxy groups -OCH3 is 3. The van der Waals surface area contributed by atoms with Crippen molar-refractivity contribution in [1.82, 2.24) is 9.88 Å². The Kier molecular flexibility index (Phi) is 10.1. The summed E-state index contributed by atoms with van der Waals surface area (Å²) in [5.74, 6) is -1.32. The third-order valence-corrected chi connectivity index (χ3v) is 9.22. The molecule has 0 fully saturated rings. The van der Waals surface area contributed by atoms with E-state index in [1.54, 1.807) is 78.9 Å². The highest BCUT2D eigenvalue weighted by atomic mass is 35.5. The minimum Gasteiger partial charge on any atom is -0.497 e. The molecular formula is C37H31ClN4O7S. The molecular weight excluding hydrogens is 680 g/mol. The Bertz CT molecular complexity index is 2070. The van der Waals surface area contributed by atoms with E-state index in [2.05, 4.69) is 5.32 Å². The number of benzene rings is 4. The van der Waals surface area contributed by atoms with Gasteiger partial charge < -0.3 is 24.4 Å². The molecule has 1 aromatic heterocycles. The van der Waals surface area contributed by atoms with Gasteiger partial charge in [-0.2, -0.15) is 0 Å². The quantitative estimate of drug-likeness (QED) is 0.147. The molecule has 3 amide bonds. The third kappa shape index (κ3) is 7.02. The molecule has 50 heavy (non-hydrogen) atoms. The van der Waals surface area contributed by atoms with Gasteiger partial charge in [0.05, 0.1) is 44.8 Å². The van der Waals surface area contributed by atoms with Crippen LogP contribution >= 0.6 is 22.9 Å². The molecule has 1 unspecified atom stereocenters. The minimum absolute atomic E-state index is 0.107. The third-order valence-electron chi connectivity index (χ3n) is 8.13. The van der Waals surface area contributed by atoms with E-state index < -0.39 is 36.1 Å². The molecule has 4 aromatic carbocycles. The predicted octanol–water partition coefficient (Wildman–Crippen LogP) is 6.43. The molecule has 254 valence electrons. The standard InChI is InChI=1S/C37H31ClN4O7S/c1-47-26-15-13-25(14-16-26)39-36(45)34(23-10-17-30(48-2)31(18-23)49-3)42(19-32-40-28(21-50-32)22-8-11-24(38)12-9-22)33(43)20-41-29-7-5-4-6-27(29)35(44)37(41)46/h4-18,21,34H,19-20H2,1-3H3,(H,39,45). The van der Waals surface area contributed by atoms with E-state index in [-0.39, 0.29) is 12.1 Å². The van der Waals surface area contributed by atoms with Crippen molar-refractivity contribution in [3.05, 3.63) is 118 Å². The van der Waals surface area contributed by atoms with Crippen LogP contribution in [0.25, 0.3) is 11.3 Å². The van der Waals surface area contributed by atoms with Gasteiger partial charge in [0, 0.05) is 21.7 Å². The lowest BCUT2D eigenvalue weighted by atomic mass is 10.0. The van der Waals surface area contributed by atoms with Crippen molar-refractivity contribution >= 4 is 57.8 Å². The molecule has 0 saturated heterocycles. The van der Waals surface area contributed by atoms with Gasteiger partial charge in [-0.15, -0.1) is 11.3 Å². The first kappa shape index (κ1) is 34.2. The highest BCUT2D eigenvalue weighted by Crippen LogP contribution is 2.35. The fraction of sp³-hybridized carbons (Fsp3) is 0.162. The van der Waals surface area contributed by atoms with Crippen LogP contribution in [0.15, 0.2) is 96.4 Å². The first-order valence-corrected chi connectivity index (χ1v) is 16.6. The fourth-order valence-corrected chi connectivity index (χ4v) is 6.55. The van der Waals surface area contributed by atoms with Crippen LogP contribution in [-0.2, 0) is 20.9 Å². The van der Waals surface area contributed by atoms with Crippen LogP contribution in [0.4, 0.5) is 11.4 Å². The Morgan fingerprint density at radius 2 is 1.62 bits per heavy atom. The SMILES string of the molecule is COc1ccc(NC(=O)C(c2ccc(OC)c(OC)c2)N(Cc2nc(-c3ccc(Cl)cc3)cs2)C(=O)CN2C(=O)C(=O)c3ccccc32)cc1. The summed E-state index contributed by atoms with van der Waals surface area (Å²) in [6, 6.07) is 24.1. The smallest absolute Gasteiger partial charge is 0.299 e. The highest BCUT2D eigenvalue weighted by molar-refractivity contribution is 7.09. The van der Waals surface area contributed by atoms with Gasteiger partial charge in [-0.05, 0) is 66.2 Å². The molecule has 6 rings (SSSR count). The Labute approximate surface area is 297 Å². The molecule has 1 N–H and O–H groups in total. The molecule has 1 atom stereocenters. The molecule has 5 aromatic rings. The van der Waals surface area contributed by atoms with Crippen LogP contribution < -0.4 is 24.4 Å². The second kappa shape index (κ2) is 14.8. The van der Waals surface area contributed by atoms with Gasteiger partial charge in [0.2, 0.25) is 5.91 Å². The number of thiazole rings is 1. The fourth-order valence-electron chi connectivity index (χ4n) is 5.62. The van der Waals surface area contributed by atoms with E-state index in [0.717, 1.165) is 10.5 Å². The lowest BCUT2D eigenvalue weighted by Crippen LogP contribution is -2.46. The topological polar surface area (TPSA) is 127 Å². The van der Waals surface area contributed by atoms with E-state index in [1.807, 2.05) is 17.5 Å². The van der Waals surface area contributed by atoms with E-state index in [9.17, 15) is 19.2 Å². The Morgan fingerprint density at radius 3 is 2.32 bits per heavy atom. The zero-order valence-corrected chi connectivity index (χ0v) is 28.8. The van der Waals surface area contributed by atoms with Crippen molar-refractivity contribution in [3.8, 4) is 28.5 Å². The Morgan fingerprint density at radius 1 is 0.900 bits per heavy atom. The molecule has 1 aliphatic rings. The van der Waals surface area contributed by atoms with E-state index in [0.29, 0.717) is 49.9 Å². The van der Waals surface area contributed by atoms with Gasteiger partial charge in [0.25, 0.3) is 17.6 Å². The molecule has 0 radical (unpaired) electrons. The van der Waals surface area contributed by atoms with E-state index >= 15 is 0 Å². The highest BCUT2D eigenvalue weighted by Gasteiger charge is 2.40. The number of para-hydroxylation sites is 1. The van der Waals surface area contributed by atoms with Gasteiger partial charge in [-0.25, -0.2) is 4.98 Å². The van der Waals surface area contributed by atoms with Crippen LogP contribution in [0.5, 0.6) is 17.2 Å². The minimum atomic E-state index is -1.25. The summed E-state index contributed by atoms with van der Waals surface area (Å²) in [4.78, 5) is 62.2. The Hall–Kier alpha value is -5.72. The van der Waals surface area contributed by atoms with Crippen LogP contribution in [0.2, 0.25) is 5.02 Å². The molecule has 0 bridgehead atoms. The van der Waals surface area contributed by atoms with Gasteiger partial charge in [-0.3, -0.25) is 24.1 Å². The molecule has 2 heterocycles. The number of nitrogens with zero attached hydrogens (tertiary/aromatic N) is 3. The first-order valence-electron chi connectivity index (χ1n) is 15.3. The summed E-state index contributed by atoms with van der Waals surface area (Å²) >= 11 is 7.40. The number of carbonyl (C=O) groups excluding carboxylic acids is 4. The number of amides is 3. The molecule has 0 aliphatic carbocycles. The number of aromatic nitrogens is 1. The van der Waals surface area contributed by atoms with Crippen molar-refractivity contribution in [2.24, 2.45) is 0 Å². The van der Waals surface area contributed by atoms with Crippen molar-refractivity contribution in [3.63, 3.8) is 0 Å². The molecule has 0 spiro atoms. The number of hydrogen-bond acceptors (Lipinski definition) is 9. The normalized spacial score (nSPS) is 12.7. The molecule has 13 heteroatoms. The van der Waals surface area contributed by atoms with Crippen LogP contribution in [-0.4, -0.2) is 61.3 Å². The summed E-state index contributed by atoms with van der Waals surface area (Å²) in [5.41, 5.74) is 2.87. The van der Waals surface area contributed by atoms with Crippen molar-refractivity contribution in [1.29, 1.82) is 0 Å². The average Bonchev–Trinajstić information content (AvgIpc) is 3.70. The van der Waals surface area contributed by atoms with Crippen LogP contribution in [0.1, 0.15) is 27.0 Å². The van der Waals surface area contributed by atoms with Crippen molar-refractivity contribution in [2.75, 3.05) is 38.1 Å². The number of nitrogens with one attached hydrogen (secondary N) is 1. The number of anilines is 2. The molecule has 1 aliphatic heterocycles. The largest absolute Gasteiger partial charge is 0.497 e. The van der Waals surface area contributed by atoms with Crippen molar-refractivity contribution < 1.29 is 33.4 Å². The average molecular weight is 711 g/mol. The van der Waals surface area contributed by atoms with Gasteiger partial charge >= 0.3 is 0 Å². The second-order valence-corrected chi connectivity index (χ2v) is 12.5. The van der Waals surface area contributed by atoms with E-state index in [1.165, 1.54) is 37.6 Å². The number of Topliss-reactive ketones (excluding diaryl/α,β-unsaturated/α-hetero) is 1. The summed E-state index contributed by atoms with van der Waals surface area (Å²) in [7, 11) is 4.50. The monoisotopic (exact) mass is 710 g/mol. The summed E-state index contributed by atoms with van der Waals surface area (Å²) in [6.07, 6.45) is 0. The summed E-state index contributed by atoms with van der Waals surface area (Å²) in [5, 5.41) is 5.87. The van der Waals surface area contributed by atoms with Gasteiger partial charge in [-0.1, -0.05) is 41.9 Å². The van der Waals surface area contributed by atoms with Crippen molar-refractivity contribution in [2.45, 2.75) is 12.6 Å². The maximum atomic E-state index is 14.5. The number of halogens is 1. The number of carbonyl (C=O) groups is 4. The maximum Gasteiger partial charge on any atom is 0.299 e. The number of ether oxygens (including phenoxy) is 3. The maximum absolute atomic E-state index is 14.5. The van der Waals surface area contributed by atoms with Gasteiger partial charge in [0.15, 0.2) is 11.5 Å². The lowest BCUT2D eigenvalue weighted by molar-refractivity contribution is -0.139. The second-order valence-electron chi connectivity index (χ2n) is 11.1. The first-order chi connectivity index (χ1) is 24.2. The summed E-state index contributed by atoms with van der Waals surface area (Å²) < 4.78 is 16.3. The van der Waals surface area contributed by atoms with Crippen LogP contribution in [0.3, 0.4) is 0 Å².